The number of hydrogen-bond acceptors (Lipinski definition) is 6. The summed E-state index contributed by atoms with van der Waals surface area (Å²) >= 11 is 6.78. The van der Waals surface area contributed by atoms with Gasteiger partial charge in [0.2, 0.25) is 0 Å². The molecule has 2 aromatic carbocycles. The molecular formula is C21H19N3O4S2. The SMILES string of the molecule is CCOC(=O)c1cc(-c2ccccc2)sc1NC(=S)Nc1ccc([N+](=O)[O-])cc1C. The number of nitrogens with one attached hydrogen (secondary N) is 2. The quantitative estimate of drug-likeness (QED) is 0.222. The minimum atomic E-state index is -0.449. The van der Waals surface area contributed by atoms with E-state index in [-0.39, 0.29) is 17.4 Å². The number of benzene rings is 2. The van der Waals surface area contributed by atoms with Gasteiger partial charge in [0.15, 0.2) is 5.11 Å². The van der Waals surface area contributed by atoms with Crippen molar-refractivity contribution in [2.75, 3.05) is 17.2 Å². The summed E-state index contributed by atoms with van der Waals surface area (Å²) in [5.41, 5.74) is 2.69. The number of anilines is 2. The molecule has 0 radical (unpaired) electrons. The van der Waals surface area contributed by atoms with Gasteiger partial charge in [-0.25, -0.2) is 4.79 Å². The molecule has 30 heavy (non-hydrogen) atoms. The Morgan fingerprint density at radius 3 is 2.53 bits per heavy atom. The second kappa shape index (κ2) is 9.47. The number of nitro groups is 1. The van der Waals surface area contributed by atoms with E-state index in [1.807, 2.05) is 30.3 Å². The molecule has 1 aromatic heterocycles. The molecule has 3 aromatic rings. The standard InChI is InChI=1S/C21H19N3O4S2/c1-3-28-20(25)16-12-18(14-7-5-4-6-8-14)30-19(16)23-21(29)22-17-10-9-15(24(26)27)11-13(17)2/h4-12H,3H2,1-2H3,(H2,22,23,29). The molecule has 0 unspecified atom stereocenters. The van der Waals surface area contributed by atoms with E-state index in [1.165, 1.54) is 23.5 Å². The summed E-state index contributed by atoms with van der Waals surface area (Å²) in [6.45, 7) is 3.76. The number of thiocarbonyl (C=S) groups is 1. The van der Waals surface area contributed by atoms with Crippen LogP contribution in [0.3, 0.4) is 0 Å². The molecule has 0 aliphatic carbocycles. The summed E-state index contributed by atoms with van der Waals surface area (Å²) in [4.78, 5) is 23.8. The number of esters is 1. The first kappa shape index (κ1) is 21.4. The first-order chi connectivity index (χ1) is 14.4. The molecule has 0 spiro atoms. The molecule has 154 valence electrons. The monoisotopic (exact) mass is 441 g/mol. The van der Waals surface area contributed by atoms with E-state index in [4.69, 9.17) is 17.0 Å². The number of non-ortho nitro benzene ring substituents is 1. The molecule has 0 bridgehead atoms. The molecule has 9 heteroatoms. The van der Waals surface area contributed by atoms with Crippen LogP contribution in [0, 0.1) is 17.0 Å². The lowest BCUT2D eigenvalue weighted by molar-refractivity contribution is -0.384. The number of nitro benzene ring substituents is 1. The van der Waals surface area contributed by atoms with Crippen molar-refractivity contribution in [2.45, 2.75) is 13.8 Å². The number of carbonyl (C=O) groups is 1. The predicted molar refractivity (Wildman–Crippen MR) is 123 cm³/mol. The van der Waals surface area contributed by atoms with E-state index < -0.39 is 10.9 Å². The van der Waals surface area contributed by atoms with Gasteiger partial charge in [-0.15, -0.1) is 11.3 Å². The van der Waals surface area contributed by atoms with Crippen molar-refractivity contribution in [1.29, 1.82) is 0 Å². The number of nitrogens with zero attached hydrogens (tertiary/aromatic N) is 1. The zero-order valence-electron chi connectivity index (χ0n) is 16.3. The highest BCUT2D eigenvalue weighted by molar-refractivity contribution is 7.80. The van der Waals surface area contributed by atoms with Crippen LogP contribution in [0.25, 0.3) is 10.4 Å². The Morgan fingerprint density at radius 2 is 1.90 bits per heavy atom. The lowest BCUT2D eigenvalue weighted by Gasteiger charge is -2.12. The Balaban J connectivity index is 1.84. The molecular weight excluding hydrogens is 422 g/mol. The Hall–Kier alpha value is -3.30. The Kier molecular flexibility index (Phi) is 6.76. The van der Waals surface area contributed by atoms with Crippen molar-refractivity contribution < 1.29 is 14.5 Å². The molecule has 0 aliphatic heterocycles. The molecule has 1 heterocycles. The summed E-state index contributed by atoms with van der Waals surface area (Å²) < 4.78 is 5.17. The van der Waals surface area contributed by atoms with Gasteiger partial charge < -0.3 is 15.4 Å². The van der Waals surface area contributed by atoms with Gasteiger partial charge in [0.1, 0.15) is 5.00 Å². The lowest BCUT2D eigenvalue weighted by atomic mass is 10.1. The number of carbonyl (C=O) groups excluding carboxylic acids is 1. The zero-order valence-corrected chi connectivity index (χ0v) is 17.9. The molecule has 3 rings (SSSR count). The van der Waals surface area contributed by atoms with Gasteiger partial charge in [-0.1, -0.05) is 30.3 Å². The van der Waals surface area contributed by atoms with Crippen molar-refractivity contribution in [2.24, 2.45) is 0 Å². The lowest BCUT2D eigenvalue weighted by Crippen LogP contribution is -2.20. The average Bonchev–Trinajstić information content (AvgIpc) is 3.14. The minimum absolute atomic E-state index is 0.00674. The fourth-order valence-corrected chi connectivity index (χ4v) is 4.08. The van der Waals surface area contributed by atoms with Crippen molar-refractivity contribution in [3.05, 3.63) is 75.8 Å². The normalized spacial score (nSPS) is 10.3. The maximum Gasteiger partial charge on any atom is 0.341 e. The topological polar surface area (TPSA) is 93.5 Å². The van der Waals surface area contributed by atoms with E-state index >= 15 is 0 Å². The maximum absolute atomic E-state index is 12.4. The molecule has 0 aliphatic rings. The Labute approximate surface area is 182 Å². The molecule has 0 amide bonds. The van der Waals surface area contributed by atoms with Crippen LogP contribution in [-0.4, -0.2) is 22.6 Å². The van der Waals surface area contributed by atoms with Crippen LogP contribution in [0.1, 0.15) is 22.8 Å². The van der Waals surface area contributed by atoms with Crippen LogP contribution in [0.4, 0.5) is 16.4 Å². The van der Waals surface area contributed by atoms with Crippen LogP contribution in [-0.2, 0) is 4.74 Å². The first-order valence-electron chi connectivity index (χ1n) is 9.08. The summed E-state index contributed by atoms with van der Waals surface area (Å²) in [5.74, 6) is -0.437. The van der Waals surface area contributed by atoms with Crippen LogP contribution >= 0.6 is 23.6 Å². The molecule has 0 saturated heterocycles. The molecule has 0 fully saturated rings. The molecule has 2 N–H and O–H groups in total. The highest BCUT2D eigenvalue weighted by atomic mass is 32.1. The number of hydrogen-bond donors (Lipinski definition) is 2. The van der Waals surface area contributed by atoms with Crippen LogP contribution in [0.2, 0.25) is 0 Å². The first-order valence-corrected chi connectivity index (χ1v) is 10.3. The predicted octanol–water partition coefficient (Wildman–Crippen LogP) is 5.62. The third-order valence-electron chi connectivity index (χ3n) is 4.18. The highest BCUT2D eigenvalue weighted by Gasteiger charge is 2.19. The van der Waals surface area contributed by atoms with Gasteiger partial charge in [0.05, 0.1) is 17.1 Å². The third-order valence-corrected chi connectivity index (χ3v) is 5.49. The van der Waals surface area contributed by atoms with Crippen LogP contribution < -0.4 is 10.6 Å². The minimum Gasteiger partial charge on any atom is -0.462 e. The molecule has 7 nitrogen and oxygen atoms in total. The third kappa shape index (κ3) is 5.00. The smallest absolute Gasteiger partial charge is 0.341 e. The second-order valence-electron chi connectivity index (χ2n) is 6.28. The fourth-order valence-electron chi connectivity index (χ4n) is 2.75. The van der Waals surface area contributed by atoms with Gasteiger partial charge in [-0.3, -0.25) is 10.1 Å². The molecule has 0 saturated carbocycles. The fraction of sp³-hybridized carbons (Fsp3) is 0.143. The summed E-state index contributed by atoms with van der Waals surface area (Å²) in [6, 6.07) is 15.9. The van der Waals surface area contributed by atoms with E-state index in [0.29, 0.717) is 21.8 Å². The van der Waals surface area contributed by atoms with Gasteiger partial charge >= 0.3 is 5.97 Å². The largest absolute Gasteiger partial charge is 0.462 e. The average molecular weight is 442 g/mol. The van der Waals surface area contributed by atoms with E-state index in [9.17, 15) is 14.9 Å². The van der Waals surface area contributed by atoms with E-state index in [1.54, 1.807) is 26.0 Å². The van der Waals surface area contributed by atoms with Crippen molar-refractivity contribution >= 4 is 51.0 Å². The second-order valence-corrected chi connectivity index (χ2v) is 7.74. The number of ether oxygens (including phenoxy) is 1. The van der Waals surface area contributed by atoms with Gasteiger partial charge in [-0.05, 0) is 49.3 Å². The van der Waals surface area contributed by atoms with Gasteiger partial charge in [0.25, 0.3) is 5.69 Å². The molecule has 0 atom stereocenters. The van der Waals surface area contributed by atoms with Crippen LogP contribution in [0.15, 0.2) is 54.6 Å². The Bertz CT molecular complexity index is 1100. The Morgan fingerprint density at radius 1 is 1.17 bits per heavy atom. The zero-order chi connectivity index (χ0) is 21.7. The van der Waals surface area contributed by atoms with E-state index in [0.717, 1.165) is 10.4 Å². The summed E-state index contributed by atoms with van der Waals surface area (Å²) in [6.07, 6.45) is 0. The summed E-state index contributed by atoms with van der Waals surface area (Å²) in [5, 5.41) is 17.8. The van der Waals surface area contributed by atoms with Crippen molar-refractivity contribution in [3.63, 3.8) is 0 Å². The van der Waals surface area contributed by atoms with Crippen molar-refractivity contribution in [3.8, 4) is 10.4 Å². The van der Waals surface area contributed by atoms with Crippen LogP contribution in [0.5, 0.6) is 0 Å². The van der Waals surface area contributed by atoms with Crippen molar-refractivity contribution in [1.82, 2.24) is 0 Å². The highest BCUT2D eigenvalue weighted by Crippen LogP contribution is 2.36. The maximum atomic E-state index is 12.4. The number of thiophene rings is 1. The van der Waals surface area contributed by atoms with Gasteiger partial charge in [-0.2, -0.15) is 0 Å². The number of aryl methyl sites for hydroxylation is 1. The summed E-state index contributed by atoms with van der Waals surface area (Å²) in [7, 11) is 0. The van der Waals surface area contributed by atoms with E-state index in [2.05, 4.69) is 10.6 Å². The van der Waals surface area contributed by atoms with Gasteiger partial charge in [0, 0.05) is 22.7 Å². The number of rotatable bonds is 6.